The SMILES string of the molecule is CC(C)C(O)C(=O)N(C(=O)[C@H](C)NC(=O)OC(C)(C)C)[C@@H](C)C(=O)O[C@H](C(=O)O)C(C)C.O. The van der Waals surface area contributed by atoms with Crippen LogP contribution in [0.5, 0.6) is 0 Å². The first-order valence-electron chi connectivity index (χ1n) is 10.4. The molecule has 4 atom stereocenters. The van der Waals surface area contributed by atoms with E-state index in [1.54, 1.807) is 20.8 Å². The third kappa shape index (κ3) is 10.2. The van der Waals surface area contributed by atoms with E-state index < -0.39 is 71.6 Å². The van der Waals surface area contributed by atoms with E-state index in [1.165, 1.54) is 41.5 Å². The summed E-state index contributed by atoms with van der Waals surface area (Å²) in [4.78, 5) is 62.3. The zero-order valence-electron chi connectivity index (χ0n) is 20.7. The van der Waals surface area contributed by atoms with E-state index in [0.717, 1.165) is 0 Å². The second-order valence-electron chi connectivity index (χ2n) is 9.22. The van der Waals surface area contributed by atoms with Crippen LogP contribution < -0.4 is 5.32 Å². The molecule has 0 saturated carbocycles. The number of carbonyl (C=O) groups excluding carboxylic acids is 4. The molecule has 3 amide bonds. The van der Waals surface area contributed by atoms with Crippen molar-refractivity contribution in [2.45, 2.75) is 92.2 Å². The van der Waals surface area contributed by atoms with Gasteiger partial charge in [0.25, 0.3) is 11.8 Å². The van der Waals surface area contributed by atoms with E-state index in [0.29, 0.717) is 4.90 Å². The highest BCUT2D eigenvalue weighted by atomic mass is 16.6. The van der Waals surface area contributed by atoms with Gasteiger partial charge in [-0.05, 0) is 40.5 Å². The molecule has 12 heteroatoms. The molecule has 192 valence electrons. The molecule has 0 radical (unpaired) electrons. The molecule has 0 aliphatic carbocycles. The monoisotopic (exact) mass is 478 g/mol. The first-order valence-corrected chi connectivity index (χ1v) is 10.4. The minimum atomic E-state index is -1.62. The van der Waals surface area contributed by atoms with Crippen molar-refractivity contribution in [2.24, 2.45) is 11.8 Å². The maximum Gasteiger partial charge on any atom is 0.408 e. The second kappa shape index (κ2) is 13.1. The van der Waals surface area contributed by atoms with Crippen molar-refractivity contribution in [2.75, 3.05) is 0 Å². The van der Waals surface area contributed by atoms with Crippen LogP contribution >= 0.6 is 0 Å². The summed E-state index contributed by atoms with van der Waals surface area (Å²) in [6, 6.07) is -2.87. The van der Waals surface area contributed by atoms with Crippen molar-refractivity contribution in [1.29, 1.82) is 0 Å². The van der Waals surface area contributed by atoms with Crippen LogP contribution in [0.15, 0.2) is 0 Å². The number of nitrogens with zero attached hydrogens (tertiary/aromatic N) is 1. The fraction of sp³-hybridized carbons (Fsp3) is 0.762. The lowest BCUT2D eigenvalue weighted by Gasteiger charge is -2.32. The third-order valence-corrected chi connectivity index (χ3v) is 4.28. The van der Waals surface area contributed by atoms with E-state index in [-0.39, 0.29) is 5.48 Å². The highest BCUT2D eigenvalue weighted by Crippen LogP contribution is 2.16. The zero-order chi connectivity index (χ0) is 25.5. The van der Waals surface area contributed by atoms with E-state index in [9.17, 15) is 34.2 Å². The van der Waals surface area contributed by atoms with E-state index in [1.807, 2.05) is 0 Å². The summed E-state index contributed by atoms with van der Waals surface area (Å²) < 4.78 is 10.1. The van der Waals surface area contributed by atoms with Gasteiger partial charge in [-0.2, -0.15) is 0 Å². The van der Waals surface area contributed by atoms with Crippen molar-refractivity contribution in [3.05, 3.63) is 0 Å². The Morgan fingerprint density at radius 3 is 1.73 bits per heavy atom. The fourth-order valence-electron chi connectivity index (χ4n) is 2.47. The van der Waals surface area contributed by atoms with Crippen molar-refractivity contribution in [3.8, 4) is 0 Å². The van der Waals surface area contributed by atoms with Gasteiger partial charge in [-0.15, -0.1) is 0 Å². The molecule has 0 aromatic rings. The molecule has 0 rings (SSSR count). The molecule has 0 aliphatic rings. The Hall–Kier alpha value is -2.73. The van der Waals surface area contributed by atoms with Crippen molar-refractivity contribution in [1.82, 2.24) is 10.2 Å². The van der Waals surface area contributed by atoms with Gasteiger partial charge in [0, 0.05) is 5.92 Å². The maximum absolute atomic E-state index is 13.0. The predicted octanol–water partition coefficient (Wildman–Crippen LogP) is 0.488. The number of imide groups is 1. The standard InChI is InChI=1S/C21H36N2O9.H2O/c1-10(2)14(24)17(26)23(13(6)19(29)31-15(11(3)4)18(27)28)16(25)12(5)22-20(30)32-21(7,8)9;/h10-15,24H,1-9H3,(H,22,30)(H,27,28);1H2/t12-,13-,14?,15-;/m0./s1. The Morgan fingerprint density at radius 1 is 0.879 bits per heavy atom. The lowest BCUT2D eigenvalue weighted by atomic mass is 10.0. The number of amides is 3. The first kappa shape index (κ1) is 32.4. The molecule has 12 nitrogen and oxygen atoms in total. The summed E-state index contributed by atoms with van der Waals surface area (Å²) in [5, 5.41) is 21.7. The molecule has 0 aromatic carbocycles. The van der Waals surface area contributed by atoms with Gasteiger partial charge in [0.05, 0.1) is 0 Å². The number of alkyl carbamates (subject to hydrolysis) is 1. The number of ether oxygens (including phenoxy) is 2. The van der Waals surface area contributed by atoms with Gasteiger partial charge in [-0.1, -0.05) is 27.7 Å². The van der Waals surface area contributed by atoms with Crippen molar-refractivity contribution in [3.63, 3.8) is 0 Å². The number of carboxylic acid groups (broad SMARTS) is 1. The minimum Gasteiger partial charge on any atom is -0.478 e. The summed E-state index contributed by atoms with van der Waals surface area (Å²) in [5.74, 6) is -5.76. The summed E-state index contributed by atoms with van der Waals surface area (Å²) in [6.45, 7) is 13.5. The molecular weight excluding hydrogens is 440 g/mol. The zero-order valence-corrected chi connectivity index (χ0v) is 20.7. The van der Waals surface area contributed by atoms with Crippen LogP contribution in [0.2, 0.25) is 0 Å². The topological polar surface area (TPSA) is 191 Å². The maximum atomic E-state index is 13.0. The summed E-state index contributed by atoms with van der Waals surface area (Å²) in [5.41, 5.74) is -0.837. The molecule has 5 N–H and O–H groups in total. The van der Waals surface area contributed by atoms with E-state index in [4.69, 9.17) is 9.47 Å². The normalized spacial score (nSPS) is 14.9. The lowest BCUT2D eigenvalue weighted by Crippen LogP contribution is -2.58. The van der Waals surface area contributed by atoms with Gasteiger partial charge in [0.1, 0.15) is 23.8 Å². The molecular formula is C21H38N2O10. The van der Waals surface area contributed by atoms with Gasteiger partial charge < -0.3 is 30.5 Å². The number of carbonyl (C=O) groups is 5. The smallest absolute Gasteiger partial charge is 0.408 e. The van der Waals surface area contributed by atoms with Crippen LogP contribution in [0.3, 0.4) is 0 Å². The molecule has 0 spiro atoms. The Kier molecular flexibility index (Phi) is 12.9. The number of aliphatic hydroxyl groups is 1. The number of carboxylic acids is 1. The van der Waals surface area contributed by atoms with Gasteiger partial charge in [-0.25, -0.2) is 14.4 Å². The number of aliphatic hydroxyl groups excluding tert-OH is 1. The fourth-order valence-corrected chi connectivity index (χ4v) is 2.47. The van der Waals surface area contributed by atoms with Crippen LogP contribution in [0.4, 0.5) is 4.79 Å². The predicted molar refractivity (Wildman–Crippen MR) is 117 cm³/mol. The van der Waals surface area contributed by atoms with Crippen LogP contribution in [0.1, 0.15) is 62.3 Å². The first-order chi connectivity index (χ1) is 14.4. The molecule has 0 heterocycles. The molecule has 0 aliphatic heterocycles. The molecule has 0 aromatic heterocycles. The highest BCUT2D eigenvalue weighted by Gasteiger charge is 2.40. The second-order valence-corrected chi connectivity index (χ2v) is 9.22. The largest absolute Gasteiger partial charge is 0.478 e. The Balaban J connectivity index is 0. The van der Waals surface area contributed by atoms with Gasteiger partial charge >= 0.3 is 18.0 Å². The van der Waals surface area contributed by atoms with E-state index in [2.05, 4.69) is 5.32 Å². The quantitative estimate of drug-likeness (QED) is 0.396. The molecule has 0 saturated heterocycles. The number of esters is 1. The highest BCUT2D eigenvalue weighted by molar-refractivity contribution is 6.03. The number of nitrogens with one attached hydrogen (secondary N) is 1. The summed E-state index contributed by atoms with van der Waals surface area (Å²) in [7, 11) is 0. The van der Waals surface area contributed by atoms with Crippen molar-refractivity contribution < 1.29 is 49.1 Å². The third-order valence-electron chi connectivity index (χ3n) is 4.28. The molecule has 33 heavy (non-hydrogen) atoms. The Labute approximate surface area is 193 Å². The summed E-state index contributed by atoms with van der Waals surface area (Å²) in [6.07, 6.45) is -4.04. The lowest BCUT2D eigenvalue weighted by molar-refractivity contribution is -0.175. The summed E-state index contributed by atoms with van der Waals surface area (Å²) >= 11 is 0. The molecule has 0 bridgehead atoms. The number of hydrogen-bond acceptors (Lipinski definition) is 8. The Bertz CT molecular complexity index is 714. The minimum absolute atomic E-state index is 0. The molecule has 1 unspecified atom stereocenters. The average molecular weight is 479 g/mol. The van der Waals surface area contributed by atoms with Crippen molar-refractivity contribution >= 4 is 29.8 Å². The van der Waals surface area contributed by atoms with Crippen LogP contribution in [0, 0.1) is 11.8 Å². The van der Waals surface area contributed by atoms with Gasteiger partial charge in [-0.3, -0.25) is 14.5 Å². The molecule has 0 fully saturated rings. The van der Waals surface area contributed by atoms with Gasteiger partial charge in [0.15, 0.2) is 0 Å². The number of rotatable bonds is 9. The van der Waals surface area contributed by atoms with Crippen LogP contribution in [-0.4, -0.2) is 80.3 Å². The van der Waals surface area contributed by atoms with Gasteiger partial charge in [0.2, 0.25) is 6.10 Å². The number of hydrogen-bond donors (Lipinski definition) is 3. The van der Waals surface area contributed by atoms with E-state index >= 15 is 0 Å². The van der Waals surface area contributed by atoms with Crippen LogP contribution in [-0.2, 0) is 28.7 Å². The Morgan fingerprint density at radius 2 is 1.36 bits per heavy atom. The average Bonchev–Trinajstić information content (AvgIpc) is 2.62. The number of aliphatic carboxylic acids is 1. The van der Waals surface area contributed by atoms with Crippen LogP contribution in [0.25, 0.3) is 0 Å².